The van der Waals surface area contributed by atoms with Crippen molar-refractivity contribution >= 4 is 17.3 Å². The minimum absolute atomic E-state index is 0.125. The van der Waals surface area contributed by atoms with Crippen LogP contribution in [0.3, 0.4) is 0 Å². The molecule has 2 heterocycles. The highest BCUT2D eigenvalue weighted by molar-refractivity contribution is 5.95. The van der Waals surface area contributed by atoms with Crippen LogP contribution in [0.15, 0.2) is 59.3 Å². The molecule has 15 heteroatoms. The highest BCUT2D eigenvalue weighted by Gasteiger charge is 2.20. The molecular formula is C26H24F4N8O3. The molecule has 1 amide bonds. The number of benzene rings is 2. The number of methoxy groups -OCH3 is 1. The van der Waals surface area contributed by atoms with Gasteiger partial charge in [-0.25, -0.2) is 19.6 Å². The number of alkyl halides is 2. The summed E-state index contributed by atoms with van der Waals surface area (Å²) >= 11 is 0. The van der Waals surface area contributed by atoms with Gasteiger partial charge in [-0.15, -0.1) is 10.2 Å². The number of ether oxygens (including phenoxy) is 1. The van der Waals surface area contributed by atoms with Gasteiger partial charge in [-0.3, -0.25) is 4.79 Å². The maximum absolute atomic E-state index is 14.7. The largest absolute Gasteiger partial charge is 0.480 e. The maximum Gasteiger partial charge on any atom is 0.314 e. The molecule has 214 valence electrons. The molecule has 0 atom stereocenters. The van der Waals surface area contributed by atoms with Crippen LogP contribution in [0.25, 0.3) is 17.2 Å². The predicted octanol–water partition coefficient (Wildman–Crippen LogP) is 3.70. The van der Waals surface area contributed by atoms with Crippen molar-refractivity contribution in [2.75, 3.05) is 12.4 Å². The third-order valence-corrected chi connectivity index (χ3v) is 5.75. The van der Waals surface area contributed by atoms with Crippen molar-refractivity contribution in [3.8, 4) is 17.3 Å². The predicted molar refractivity (Wildman–Crippen MR) is 140 cm³/mol. The lowest BCUT2D eigenvalue weighted by molar-refractivity contribution is 0.0996. The van der Waals surface area contributed by atoms with Crippen molar-refractivity contribution in [2.45, 2.75) is 19.5 Å². The number of pyridine rings is 1. The summed E-state index contributed by atoms with van der Waals surface area (Å²) in [7, 11) is 1.39. The fourth-order valence-electron chi connectivity index (χ4n) is 3.71. The van der Waals surface area contributed by atoms with Crippen LogP contribution in [0, 0.1) is 11.6 Å². The van der Waals surface area contributed by atoms with Crippen LogP contribution in [0.1, 0.15) is 39.4 Å². The van der Waals surface area contributed by atoms with Gasteiger partial charge >= 0.3 is 6.43 Å². The van der Waals surface area contributed by atoms with Crippen LogP contribution in [0.2, 0.25) is 0 Å². The quantitative estimate of drug-likeness (QED) is 0.118. The molecule has 0 aliphatic rings. The van der Waals surface area contributed by atoms with Crippen molar-refractivity contribution in [3.63, 3.8) is 0 Å². The van der Waals surface area contributed by atoms with Crippen molar-refractivity contribution in [1.82, 2.24) is 20.2 Å². The second kappa shape index (κ2) is 12.3. The van der Waals surface area contributed by atoms with Gasteiger partial charge in [0.05, 0.1) is 31.2 Å². The van der Waals surface area contributed by atoms with Crippen molar-refractivity contribution < 1.29 is 31.5 Å². The van der Waals surface area contributed by atoms with E-state index in [0.717, 1.165) is 22.7 Å². The number of hydrogen-bond donors (Lipinski definition) is 4. The van der Waals surface area contributed by atoms with Crippen LogP contribution in [0.4, 0.5) is 23.2 Å². The van der Waals surface area contributed by atoms with E-state index < -0.39 is 42.3 Å². The molecule has 7 N–H and O–H groups in total. The normalized spacial score (nSPS) is 11.5. The van der Waals surface area contributed by atoms with E-state index in [1.807, 2.05) is 0 Å². The number of hydrazine groups is 1. The summed E-state index contributed by atoms with van der Waals surface area (Å²) in [5.41, 5.74) is 13.3. The molecule has 0 radical (unpaired) electrons. The minimum atomic E-state index is -3.02. The molecule has 2 aromatic carbocycles. The van der Waals surface area contributed by atoms with Gasteiger partial charge in [0.2, 0.25) is 11.8 Å². The number of primary amides is 1. The number of halogens is 4. The summed E-state index contributed by atoms with van der Waals surface area (Å²) in [5, 5.41) is 10.7. The Morgan fingerprint density at radius 2 is 1.80 bits per heavy atom. The van der Waals surface area contributed by atoms with Crippen LogP contribution in [0.5, 0.6) is 5.88 Å². The summed E-state index contributed by atoms with van der Waals surface area (Å²) < 4.78 is 64.4. The Hall–Kier alpha value is -5.18. The van der Waals surface area contributed by atoms with E-state index in [1.165, 1.54) is 25.6 Å². The van der Waals surface area contributed by atoms with Gasteiger partial charge in [0, 0.05) is 23.9 Å². The number of amides is 1. The minimum Gasteiger partial charge on any atom is -0.480 e. The Morgan fingerprint density at radius 3 is 2.39 bits per heavy atom. The second-order valence-electron chi connectivity index (χ2n) is 8.62. The summed E-state index contributed by atoms with van der Waals surface area (Å²) in [6.07, 6.45) is -0.207. The Balaban J connectivity index is 1.39. The zero-order chi connectivity index (χ0) is 29.7. The summed E-state index contributed by atoms with van der Waals surface area (Å²) in [6.45, 7) is -0.00331. The van der Waals surface area contributed by atoms with E-state index in [4.69, 9.17) is 26.5 Å². The first-order valence-corrected chi connectivity index (χ1v) is 11.8. The third-order valence-electron chi connectivity index (χ3n) is 5.75. The van der Waals surface area contributed by atoms with Crippen molar-refractivity contribution in [2.24, 2.45) is 17.3 Å². The lowest BCUT2D eigenvalue weighted by atomic mass is 10.1. The number of nitrogens with zero attached hydrogens (tertiary/aromatic N) is 4. The van der Waals surface area contributed by atoms with Gasteiger partial charge in [0.15, 0.2) is 0 Å². The molecule has 11 nitrogen and oxygen atoms in total. The maximum atomic E-state index is 14.7. The van der Waals surface area contributed by atoms with Gasteiger partial charge in [-0.05, 0) is 29.3 Å². The number of anilines is 1. The van der Waals surface area contributed by atoms with Gasteiger partial charge in [0.25, 0.3) is 11.8 Å². The Kier molecular flexibility index (Phi) is 8.67. The fourth-order valence-corrected chi connectivity index (χ4v) is 3.71. The van der Waals surface area contributed by atoms with Crippen LogP contribution >= 0.6 is 0 Å². The van der Waals surface area contributed by atoms with E-state index in [2.05, 4.69) is 20.5 Å². The molecule has 0 fully saturated rings. The topological polar surface area (TPSA) is 171 Å². The van der Waals surface area contributed by atoms with Crippen molar-refractivity contribution in [1.29, 1.82) is 0 Å². The van der Waals surface area contributed by atoms with E-state index in [-0.39, 0.29) is 28.3 Å². The van der Waals surface area contributed by atoms with E-state index in [1.54, 1.807) is 24.3 Å². The first kappa shape index (κ1) is 28.8. The van der Waals surface area contributed by atoms with E-state index in [9.17, 15) is 22.4 Å². The fraction of sp³-hybridized carbons (Fsp3) is 0.154. The number of aromatic nitrogens is 3. The SMILES string of the molecule is COc1ncc(NCc2ccc(/C(N)=C/N(N)Cc3c(F)cc(-c4nnc(C(F)F)o4)cc3F)cc2)cc1C(N)=O. The molecule has 4 aromatic rings. The molecule has 0 saturated carbocycles. The Morgan fingerprint density at radius 1 is 1.12 bits per heavy atom. The number of nitrogens with one attached hydrogen (secondary N) is 1. The van der Waals surface area contributed by atoms with Gasteiger partial charge in [-0.1, -0.05) is 24.3 Å². The number of hydrogen-bond acceptors (Lipinski definition) is 10. The molecule has 0 spiro atoms. The number of carbonyl (C=O) groups is 1. The molecule has 4 rings (SSSR count). The number of nitrogens with two attached hydrogens (primary N) is 3. The zero-order valence-corrected chi connectivity index (χ0v) is 21.4. The highest BCUT2D eigenvalue weighted by Crippen LogP contribution is 2.27. The number of carbonyl (C=O) groups excluding carboxylic acids is 1. The zero-order valence-electron chi connectivity index (χ0n) is 21.4. The van der Waals surface area contributed by atoms with Gasteiger partial charge < -0.3 is 30.9 Å². The smallest absolute Gasteiger partial charge is 0.314 e. The van der Waals surface area contributed by atoms with Crippen LogP contribution in [-0.2, 0) is 13.1 Å². The van der Waals surface area contributed by atoms with E-state index >= 15 is 0 Å². The number of rotatable bonds is 11. The van der Waals surface area contributed by atoms with Crippen LogP contribution < -0.4 is 27.4 Å². The molecule has 2 aromatic heterocycles. The Bertz CT molecular complexity index is 1550. The molecule has 0 aliphatic carbocycles. The van der Waals surface area contributed by atoms with Gasteiger partial charge in [-0.2, -0.15) is 8.78 Å². The molecule has 0 unspecified atom stereocenters. The molecule has 0 aliphatic heterocycles. The molecule has 41 heavy (non-hydrogen) atoms. The lowest BCUT2D eigenvalue weighted by Crippen LogP contribution is -2.26. The average molecular weight is 573 g/mol. The monoisotopic (exact) mass is 572 g/mol. The van der Waals surface area contributed by atoms with Crippen molar-refractivity contribution in [3.05, 3.63) is 94.6 Å². The summed E-state index contributed by atoms with van der Waals surface area (Å²) in [6, 6.07) is 10.3. The molecule has 0 bridgehead atoms. The first-order valence-electron chi connectivity index (χ1n) is 11.8. The second-order valence-corrected chi connectivity index (χ2v) is 8.62. The van der Waals surface area contributed by atoms with E-state index in [0.29, 0.717) is 17.8 Å². The molecule has 0 saturated heterocycles. The third kappa shape index (κ3) is 6.88. The molecular weight excluding hydrogens is 548 g/mol. The average Bonchev–Trinajstić information content (AvgIpc) is 3.45. The standard InChI is InChI=1S/C26H24F4N8O3/c1-40-25-17(23(32)39)8-16(10-35-25)34-9-13-2-4-14(5-3-13)21(31)12-38(33)11-18-19(27)6-15(7-20(18)28)24-36-37-26(41-24)22(29)30/h2-8,10,12,22,34H,9,11,31,33H2,1H3,(H2,32,39)/b21-12-. The summed E-state index contributed by atoms with van der Waals surface area (Å²) in [4.78, 5) is 15.6. The lowest BCUT2D eigenvalue weighted by Gasteiger charge is -2.17. The van der Waals surface area contributed by atoms with Crippen LogP contribution in [-0.4, -0.2) is 33.2 Å². The Labute approximate surface area is 230 Å². The van der Waals surface area contributed by atoms with Gasteiger partial charge in [0.1, 0.15) is 17.2 Å². The first-order chi connectivity index (χ1) is 19.5. The highest BCUT2D eigenvalue weighted by atomic mass is 19.3. The summed E-state index contributed by atoms with van der Waals surface area (Å²) in [5.74, 6) is 1.98.